The van der Waals surface area contributed by atoms with Gasteiger partial charge in [-0.25, -0.2) is 0 Å². The average molecular weight is 471 g/mol. The number of esters is 2. The summed E-state index contributed by atoms with van der Waals surface area (Å²) in [5, 5.41) is 11.4. The molecule has 1 N–H and O–H groups in total. The van der Waals surface area contributed by atoms with E-state index in [1.54, 1.807) is 12.5 Å². The first-order valence-electron chi connectivity index (χ1n) is 12.2. The predicted octanol–water partition coefficient (Wildman–Crippen LogP) is 4.01. The van der Waals surface area contributed by atoms with E-state index < -0.39 is 29.0 Å². The Bertz CT molecular complexity index is 1050. The van der Waals surface area contributed by atoms with Crippen molar-refractivity contribution < 1.29 is 33.4 Å². The zero-order valence-electron chi connectivity index (χ0n) is 20.5. The second-order valence-corrected chi connectivity index (χ2v) is 11.7. The van der Waals surface area contributed by atoms with Crippen molar-refractivity contribution in [2.45, 2.75) is 65.6 Å². The van der Waals surface area contributed by atoms with Crippen molar-refractivity contribution in [1.82, 2.24) is 0 Å². The molecule has 3 aliphatic carbocycles. The third kappa shape index (κ3) is 2.95. The van der Waals surface area contributed by atoms with Crippen molar-refractivity contribution in [3.63, 3.8) is 0 Å². The van der Waals surface area contributed by atoms with Crippen molar-refractivity contribution in [1.29, 1.82) is 0 Å². The summed E-state index contributed by atoms with van der Waals surface area (Å²) in [6.45, 7) is 8.02. The van der Waals surface area contributed by atoms with E-state index in [1.807, 2.05) is 32.9 Å². The highest BCUT2D eigenvalue weighted by atomic mass is 16.5. The van der Waals surface area contributed by atoms with Gasteiger partial charge in [0.05, 0.1) is 38.1 Å². The fourth-order valence-corrected chi connectivity index (χ4v) is 7.95. The van der Waals surface area contributed by atoms with Crippen LogP contribution in [-0.2, 0) is 23.9 Å². The van der Waals surface area contributed by atoms with Gasteiger partial charge in [-0.05, 0) is 42.1 Å². The molecule has 2 saturated carbocycles. The van der Waals surface area contributed by atoms with Gasteiger partial charge in [0.25, 0.3) is 0 Å². The first kappa shape index (κ1) is 23.3. The van der Waals surface area contributed by atoms with Gasteiger partial charge in [0.15, 0.2) is 0 Å². The zero-order chi connectivity index (χ0) is 24.6. The molecule has 0 spiro atoms. The summed E-state index contributed by atoms with van der Waals surface area (Å²) in [7, 11) is 1.35. The molecule has 1 saturated heterocycles. The largest absolute Gasteiger partial charge is 0.472 e. The quantitative estimate of drug-likeness (QED) is 0.526. The van der Waals surface area contributed by atoms with Gasteiger partial charge in [-0.15, -0.1) is 0 Å². The first-order chi connectivity index (χ1) is 16.0. The number of ether oxygens (including phenoxy) is 2. The number of rotatable bonds is 3. The van der Waals surface area contributed by atoms with Crippen molar-refractivity contribution in [2.75, 3.05) is 7.11 Å². The molecule has 0 unspecified atom stereocenters. The van der Waals surface area contributed by atoms with Crippen LogP contribution in [0.5, 0.6) is 0 Å². The van der Waals surface area contributed by atoms with Crippen molar-refractivity contribution in [3.05, 3.63) is 35.8 Å². The number of carbonyl (C=O) groups excluding carboxylic acids is 3. The Hall–Kier alpha value is -2.41. The third-order valence-electron chi connectivity index (χ3n) is 9.89. The number of hydrogen-bond donors (Lipinski definition) is 1. The highest BCUT2D eigenvalue weighted by Crippen LogP contribution is 2.67. The Morgan fingerprint density at radius 1 is 1.21 bits per heavy atom. The number of carbonyl (C=O) groups is 3. The van der Waals surface area contributed by atoms with Crippen molar-refractivity contribution >= 4 is 17.7 Å². The molecular weight excluding hydrogens is 436 g/mol. The molecule has 5 rings (SSSR count). The van der Waals surface area contributed by atoms with Gasteiger partial charge in [-0.1, -0.05) is 39.3 Å². The minimum absolute atomic E-state index is 0.00430. The van der Waals surface area contributed by atoms with E-state index in [0.29, 0.717) is 0 Å². The second kappa shape index (κ2) is 7.54. The van der Waals surface area contributed by atoms with Gasteiger partial charge in [-0.3, -0.25) is 14.4 Å². The molecule has 3 fully saturated rings. The van der Waals surface area contributed by atoms with Gasteiger partial charge in [-0.2, -0.15) is 0 Å². The average Bonchev–Trinajstić information content (AvgIpc) is 3.32. The number of methoxy groups -OCH3 is 1. The number of cyclic esters (lactones) is 1. The van der Waals surface area contributed by atoms with Crippen LogP contribution in [0.3, 0.4) is 0 Å². The molecule has 1 aromatic heterocycles. The maximum atomic E-state index is 13.9. The van der Waals surface area contributed by atoms with Crippen LogP contribution in [0.25, 0.3) is 0 Å². The Morgan fingerprint density at radius 2 is 1.94 bits per heavy atom. The van der Waals surface area contributed by atoms with Crippen LogP contribution in [0.1, 0.15) is 65.0 Å². The van der Waals surface area contributed by atoms with E-state index in [0.717, 1.165) is 24.0 Å². The van der Waals surface area contributed by atoms with Crippen LogP contribution in [0.2, 0.25) is 0 Å². The van der Waals surface area contributed by atoms with Crippen molar-refractivity contribution in [3.8, 4) is 0 Å². The number of aliphatic hydroxyl groups excluding tert-OH is 1. The Balaban J connectivity index is 1.63. The molecule has 34 heavy (non-hydrogen) atoms. The second-order valence-electron chi connectivity index (χ2n) is 11.7. The molecule has 0 radical (unpaired) electrons. The van der Waals surface area contributed by atoms with Gasteiger partial charge in [0.2, 0.25) is 0 Å². The molecule has 1 aliphatic heterocycles. The van der Waals surface area contributed by atoms with Crippen LogP contribution in [0.15, 0.2) is 34.7 Å². The summed E-state index contributed by atoms with van der Waals surface area (Å²) in [6.07, 6.45) is 5.64. The third-order valence-corrected chi connectivity index (χ3v) is 9.89. The monoisotopic (exact) mass is 470 g/mol. The molecular formula is C27H34O7. The number of furan rings is 1. The topological polar surface area (TPSA) is 103 Å². The number of fused-ring (bicyclic) bond motifs is 6. The standard InChI is InChI=1S/C27H34O7/c1-25(2)19(12-20(28)32-5)27(4)17-6-8-26(3)18(15(17)10-16(22(25)30)23(27)31)11-21(29)34-24(26)14-7-9-33-13-14/h7,9-10,13,16-19,22,24,30H,6,8,11-12H2,1-5H3/t16-,17+,18-,19-,22+,24-,26+,27+/m0/s1. The lowest BCUT2D eigenvalue weighted by molar-refractivity contribution is -0.189. The minimum atomic E-state index is -0.926. The number of ketones is 1. The van der Waals surface area contributed by atoms with Crippen LogP contribution < -0.4 is 0 Å². The van der Waals surface area contributed by atoms with E-state index in [-0.39, 0.29) is 53.7 Å². The van der Waals surface area contributed by atoms with Gasteiger partial charge < -0.3 is 19.0 Å². The SMILES string of the molecule is COC(=O)C[C@H]1C(C)(C)[C@H](O)[C@@H]2C=C3[C@@H](CC[C@]4(C)[C@H]3CC(=O)O[C@H]4c3ccoc3)[C@@]1(C)C2=O. The van der Waals surface area contributed by atoms with Gasteiger partial charge in [0, 0.05) is 22.8 Å². The van der Waals surface area contributed by atoms with Gasteiger partial charge in [0.1, 0.15) is 11.9 Å². The fourth-order valence-electron chi connectivity index (χ4n) is 7.95. The lowest BCUT2D eigenvalue weighted by atomic mass is 9.40. The van der Waals surface area contributed by atoms with Gasteiger partial charge >= 0.3 is 11.9 Å². The molecule has 7 heteroatoms. The summed E-state index contributed by atoms with van der Waals surface area (Å²) in [6, 6.07) is 1.84. The normalized spacial score (nSPS) is 42.7. The molecule has 2 bridgehead atoms. The maximum Gasteiger partial charge on any atom is 0.307 e. The Labute approximate surface area is 199 Å². The van der Waals surface area contributed by atoms with E-state index in [9.17, 15) is 19.5 Å². The van der Waals surface area contributed by atoms with E-state index in [2.05, 4.69) is 6.92 Å². The van der Waals surface area contributed by atoms with Crippen molar-refractivity contribution in [2.24, 2.45) is 39.9 Å². The van der Waals surface area contributed by atoms with Crippen LogP contribution in [-0.4, -0.2) is 36.0 Å². The summed E-state index contributed by atoms with van der Waals surface area (Å²) < 4.78 is 16.1. The summed E-state index contributed by atoms with van der Waals surface area (Å²) in [5.74, 6) is -1.92. The highest BCUT2D eigenvalue weighted by molar-refractivity contribution is 5.93. The number of allylic oxidation sites excluding steroid dienone is 1. The molecule has 1 aromatic rings. The molecule has 7 nitrogen and oxygen atoms in total. The molecule has 4 aliphatic rings. The summed E-state index contributed by atoms with van der Waals surface area (Å²) in [4.78, 5) is 39.1. The zero-order valence-corrected chi connectivity index (χ0v) is 20.5. The van der Waals surface area contributed by atoms with Crippen LogP contribution in [0, 0.1) is 39.9 Å². The predicted molar refractivity (Wildman–Crippen MR) is 121 cm³/mol. The Kier molecular flexibility index (Phi) is 5.18. The number of hydrogen-bond acceptors (Lipinski definition) is 7. The Morgan fingerprint density at radius 3 is 2.59 bits per heavy atom. The maximum absolute atomic E-state index is 13.9. The number of aliphatic hydroxyl groups is 1. The lowest BCUT2D eigenvalue weighted by Gasteiger charge is -2.63. The van der Waals surface area contributed by atoms with Crippen LogP contribution in [0.4, 0.5) is 0 Å². The smallest absolute Gasteiger partial charge is 0.307 e. The molecule has 8 atom stereocenters. The van der Waals surface area contributed by atoms with Crippen LogP contribution >= 0.6 is 0 Å². The molecule has 0 amide bonds. The minimum Gasteiger partial charge on any atom is -0.472 e. The van der Waals surface area contributed by atoms with E-state index in [1.165, 1.54) is 7.11 Å². The first-order valence-corrected chi connectivity index (χ1v) is 12.2. The number of Topliss-reactive ketones (excluding diaryl/α,β-unsaturated/α-hetero) is 1. The van der Waals surface area contributed by atoms with E-state index >= 15 is 0 Å². The molecule has 184 valence electrons. The van der Waals surface area contributed by atoms with E-state index in [4.69, 9.17) is 13.9 Å². The summed E-state index contributed by atoms with van der Waals surface area (Å²) in [5.41, 5.74) is 0.0518. The molecule has 0 aromatic carbocycles. The molecule has 2 heterocycles. The lowest BCUT2D eigenvalue weighted by Crippen LogP contribution is -2.66. The summed E-state index contributed by atoms with van der Waals surface area (Å²) >= 11 is 0. The highest BCUT2D eigenvalue weighted by Gasteiger charge is 2.67. The fraction of sp³-hybridized carbons (Fsp3) is 0.667.